The topological polar surface area (TPSA) is 64.0 Å². The van der Waals surface area contributed by atoms with Crippen molar-refractivity contribution in [2.24, 2.45) is 0 Å². The molecule has 0 unspecified atom stereocenters. The van der Waals surface area contributed by atoms with Crippen molar-refractivity contribution >= 4 is 35.3 Å². The van der Waals surface area contributed by atoms with Gasteiger partial charge in [0.05, 0.1) is 0 Å². The Bertz CT molecular complexity index is 950. The zero-order valence-corrected chi connectivity index (χ0v) is 13.3. The first-order valence-electron chi connectivity index (χ1n) is 7.17. The van der Waals surface area contributed by atoms with E-state index < -0.39 is 5.91 Å². The third-order valence-electron chi connectivity index (χ3n) is 3.54. The van der Waals surface area contributed by atoms with Crippen LogP contribution in [0.1, 0.15) is 17.3 Å². The van der Waals surface area contributed by atoms with Crippen molar-refractivity contribution in [1.29, 1.82) is 0 Å². The van der Waals surface area contributed by atoms with E-state index >= 15 is 0 Å². The molecule has 2 heterocycles. The summed E-state index contributed by atoms with van der Waals surface area (Å²) in [5.74, 6) is -0.472. The summed E-state index contributed by atoms with van der Waals surface area (Å²) in [7, 11) is 0. The Kier molecular flexibility index (Phi) is 4.08. The lowest BCUT2D eigenvalue weighted by molar-refractivity contribution is 0.102. The molecular weight excluding hydrogens is 310 g/mol. The third-order valence-corrected chi connectivity index (χ3v) is 3.90. The Hall–Kier alpha value is -2.73. The number of para-hydroxylation sites is 1. The molecule has 0 aliphatic rings. The van der Waals surface area contributed by atoms with Crippen LogP contribution in [-0.2, 0) is 19.2 Å². The molecule has 1 amide bonds. The van der Waals surface area contributed by atoms with Gasteiger partial charge in [0.2, 0.25) is 0 Å². The van der Waals surface area contributed by atoms with Crippen molar-refractivity contribution in [3.05, 3.63) is 64.6 Å². The summed E-state index contributed by atoms with van der Waals surface area (Å²) in [5.41, 5.74) is 0.796. The highest BCUT2D eigenvalue weighted by Gasteiger charge is 2.15. The van der Waals surface area contributed by atoms with Gasteiger partial charge in [-0.25, -0.2) is 4.98 Å². The number of hydrogen-bond donors (Lipinski definition) is 1. The molecule has 0 bridgehead atoms. The summed E-state index contributed by atoms with van der Waals surface area (Å²) in [6, 6.07) is 12.2. The summed E-state index contributed by atoms with van der Waals surface area (Å²) in [6.45, 7) is 2.28. The normalized spacial score (nSPS) is 10.7. The van der Waals surface area contributed by atoms with Crippen LogP contribution in [0.4, 0.5) is 5.69 Å². The standard InChI is InChI=1S/C17H15N3O2S/c1-2-20-15-11(6-5-9-18-15)10-12(17(20)22)16(21)19-13-7-3-4-8-14(13)23/h3-10,23H,2H2,1H3,(H,19,21)/p-1. The number of hydrogen-bond acceptors (Lipinski definition) is 4. The first-order valence-corrected chi connectivity index (χ1v) is 7.58. The van der Waals surface area contributed by atoms with E-state index in [9.17, 15) is 9.59 Å². The van der Waals surface area contributed by atoms with Crippen LogP contribution in [-0.4, -0.2) is 15.5 Å². The number of anilines is 1. The number of carbonyl (C=O) groups is 1. The van der Waals surface area contributed by atoms with Crippen LogP contribution in [0.2, 0.25) is 0 Å². The Morgan fingerprint density at radius 1 is 1.26 bits per heavy atom. The predicted molar refractivity (Wildman–Crippen MR) is 91.7 cm³/mol. The largest absolute Gasteiger partial charge is 0.778 e. The van der Waals surface area contributed by atoms with Crippen LogP contribution in [0.5, 0.6) is 0 Å². The van der Waals surface area contributed by atoms with E-state index in [1.807, 2.05) is 13.0 Å². The highest BCUT2D eigenvalue weighted by Crippen LogP contribution is 2.16. The number of amides is 1. The number of carbonyl (C=O) groups excluding carboxylic acids is 1. The lowest BCUT2D eigenvalue weighted by Crippen LogP contribution is -2.29. The van der Waals surface area contributed by atoms with Crippen LogP contribution < -0.4 is 10.9 Å². The molecule has 6 heteroatoms. The molecule has 0 fully saturated rings. The first-order chi connectivity index (χ1) is 11.1. The van der Waals surface area contributed by atoms with Gasteiger partial charge >= 0.3 is 0 Å². The number of nitrogens with one attached hydrogen (secondary N) is 1. The summed E-state index contributed by atoms with van der Waals surface area (Å²) >= 11 is 5.17. The van der Waals surface area contributed by atoms with Crippen molar-refractivity contribution in [3.63, 3.8) is 0 Å². The van der Waals surface area contributed by atoms with Crippen LogP contribution in [0.25, 0.3) is 11.0 Å². The molecule has 0 spiro atoms. The maximum atomic E-state index is 12.6. The van der Waals surface area contributed by atoms with Crippen LogP contribution in [0.15, 0.2) is 58.4 Å². The minimum atomic E-state index is -0.472. The molecule has 0 aliphatic heterocycles. The Morgan fingerprint density at radius 2 is 2.04 bits per heavy atom. The molecule has 0 atom stereocenters. The lowest BCUT2D eigenvalue weighted by Gasteiger charge is -2.15. The van der Waals surface area contributed by atoms with Crippen molar-refractivity contribution in [2.45, 2.75) is 18.4 Å². The molecule has 1 N–H and O–H groups in total. The minimum absolute atomic E-state index is 0.0746. The second-order valence-corrected chi connectivity index (χ2v) is 5.41. The quantitative estimate of drug-likeness (QED) is 0.752. The number of benzene rings is 1. The zero-order chi connectivity index (χ0) is 16.4. The highest BCUT2D eigenvalue weighted by atomic mass is 32.1. The van der Waals surface area contributed by atoms with Gasteiger partial charge < -0.3 is 17.9 Å². The smallest absolute Gasteiger partial charge is 0.265 e. The summed E-state index contributed by atoms with van der Waals surface area (Å²) in [4.78, 5) is 29.8. The molecule has 0 saturated heterocycles. The van der Waals surface area contributed by atoms with E-state index in [1.54, 1.807) is 42.6 Å². The zero-order valence-electron chi connectivity index (χ0n) is 12.4. The van der Waals surface area contributed by atoms with Gasteiger partial charge in [-0.1, -0.05) is 18.2 Å². The fourth-order valence-electron chi connectivity index (χ4n) is 2.42. The van der Waals surface area contributed by atoms with Crippen molar-refractivity contribution in [2.75, 3.05) is 5.32 Å². The van der Waals surface area contributed by atoms with E-state index in [0.29, 0.717) is 22.8 Å². The molecule has 1 aromatic carbocycles. The number of fused-ring (bicyclic) bond motifs is 1. The molecule has 0 aliphatic carbocycles. The van der Waals surface area contributed by atoms with E-state index in [-0.39, 0.29) is 11.1 Å². The second kappa shape index (κ2) is 6.18. The van der Waals surface area contributed by atoms with Crippen molar-refractivity contribution in [3.8, 4) is 0 Å². The molecular formula is C17H14N3O2S-. The Balaban J connectivity index is 2.09. The van der Waals surface area contributed by atoms with E-state index in [2.05, 4.69) is 10.3 Å². The van der Waals surface area contributed by atoms with Gasteiger partial charge in [0.1, 0.15) is 11.2 Å². The van der Waals surface area contributed by atoms with Gasteiger partial charge in [-0.2, -0.15) is 4.90 Å². The number of rotatable bonds is 3. The highest BCUT2D eigenvalue weighted by molar-refractivity contribution is 7.59. The van der Waals surface area contributed by atoms with Gasteiger partial charge in [0.25, 0.3) is 11.5 Å². The predicted octanol–water partition coefficient (Wildman–Crippen LogP) is 2.57. The second-order valence-electron chi connectivity index (χ2n) is 4.97. The number of pyridine rings is 2. The Morgan fingerprint density at radius 3 is 2.78 bits per heavy atom. The maximum absolute atomic E-state index is 12.6. The SMILES string of the molecule is CCn1c(=O)c(C(=O)Nc2ccccc2[S-])cc2cccnc21. The molecule has 3 rings (SSSR count). The van der Waals surface area contributed by atoms with Gasteiger partial charge in [-0.3, -0.25) is 14.2 Å². The molecule has 23 heavy (non-hydrogen) atoms. The van der Waals surface area contributed by atoms with Crippen LogP contribution in [0.3, 0.4) is 0 Å². The van der Waals surface area contributed by atoms with Gasteiger partial charge in [0.15, 0.2) is 0 Å². The van der Waals surface area contributed by atoms with Crippen molar-refractivity contribution < 1.29 is 4.79 Å². The van der Waals surface area contributed by atoms with Crippen LogP contribution >= 0.6 is 0 Å². The number of nitrogens with zero attached hydrogens (tertiary/aromatic N) is 2. The number of aromatic nitrogens is 2. The molecule has 3 aromatic rings. The average molecular weight is 324 g/mol. The number of aryl methyl sites for hydroxylation is 1. The van der Waals surface area contributed by atoms with E-state index in [0.717, 1.165) is 5.39 Å². The maximum Gasteiger partial charge on any atom is 0.265 e. The minimum Gasteiger partial charge on any atom is -0.778 e. The fourth-order valence-corrected chi connectivity index (χ4v) is 2.62. The van der Waals surface area contributed by atoms with Gasteiger partial charge in [0, 0.05) is 23.8 Å². The van der Waals surface area contributed by atoms with Crippen LogP contribution in [0, 0.1) is 0 Å². The summed E-state index contributed by atoms with van der Waals surface area (Å²) in [5, 5.41) is 3.45. The van der Waals surface area contributed by atoms with Gasteiger partial charge in [-0.05, 0) is 31.2 Å². The monoisotopic (exact) mass is 324 g/mol. The molecule has 0 radical (unpaired) electrons. The summed E-state index contributed by atoms with van der Waals surface area (Å²) in [6.07, 6.45) is 1.63. The lowest BCUT2D eigenvalue weighted by atomic mass is 10.2. The molecule has 2 aromatic heterocycles. The van der Waals surface area contributed by atoms with Gasteiger partial charge in [-0.15, -0.1) is 0 Å². The summed E-state index contributed by atoms with van der Waals surface area (Å²) < 4.78 is 1.49. The van der Waals surface area contributed by atoms with E-state index in [1.165, 1.54) is 4.57 Å². The van der Waals surface area contributed by atoms with E-state index in [4.69, 9.17) is 12.6 Å². The third kappa shape index (κ3) is 2.80. The fraction of sp³-hybridized carbons (Fsp3) is 0.118. The Labute approximate surface area is 138 Å². The molecule has 5 nitrogen and oxygen atoms in total. The first kappa shape index (κ1) is 15.2. The van der Waals surface area contributed by atoms with Crippen molar-refractivity contribution in [1.82, 2.24) is 9.55 Å². The average Bonchev–Trinajstić information content (AvgIpc) is 2.56. The molecule has 0 saturated carbocycles. The molecule has 116 valence electrons.